The lowest BCUT2D eigenvalue weighted by molar-refractivity contribution is -0.257. The molecule has 2 aliphatic heterocycles. The van der Waals surface area contributed by atoms with E-state index in [1.807, 2.05) is 36.4 Å². The van der Waals surface area contributed by atoms with Crippen LogP contribution in [-0.2, 0) is 14.3 Å². The Labute approximate surface area is 163 Å². The van der Waals surface area contributed by atoms with Gasteiger partial charge in [-0.3, -0.25) is 0 Å². The number of benzene rings is 1. The first kappa shape index (κ1) is 18.7. The zero-order chi connectivity index (χ0) is 19.2. The number of hydrogen-bond donors (Lipinski definition) is 0. The summed E-state index contributed by atoms with van der Waals surface area (Å²) in [6.07, 6.45) is 7.71. The average molecular weight is 369 g/mol. The van der Waals surface area contributed by atoms with Gasteiger partial charge in [0.05, 0.1) is 5.60 Å². The molecule has 0 aromatic heterocycles. The molecule has 0 amide bonds. The Kier molecular flexibility index (Phi) is 4.70. The molecule has 0 N–H and O–H groups in total. The summed E-state index contributed by atoms with van der Waals surface area (Å²) in [7, 11) is 0. The van der Waals surface area contributed by atoms with Gasteiger partial charge in [0.15, 0.2) is 0 Å². The van der Waals surface area contributed by atoms with Gasteiger partial charge in [0.1, 0.15) is 11.7 Å². The Morgan fingerprint density at radius 3 is 2.67 bits per heavy atom. The fourth-order valence-corrected chi connectivity index (χ4v) is 6.02. The summed E-state index contributed by atoms with van der Waals surface area (Å²) in [5.41, 5.74) is 0.612. The number of carbonyl (C=O) groups excluding carboxylic acids is 1. The first-order valence-corrected chi connectivity index (χ1v) is 10.5. The van der Waals surface area contributed by atoms with Gasteiger partial charge in [0, 0.05) is 12.0 Å². The maximum atomic E-state index is 12.7. The summed E-state index contributed by atoms with van der Waals surface area (Å²) in [6.45, 7) is 9.05. The molecule has 3 fully saturated rings. The van der Waals surface area contributed by atoms with E-state index in [-0.39, 0.29) is 23.3 Å². The molecule has 1 aliphatic carbocycles. The average Bonchev–Trinajstić information content (AvgIpc) is 3.19. The highest BCUT2D eigenvalue weighted by molar-refractivity contribution is 5.87. The van der Waals surface area contributed by atoms with Gasteiger partial charge in [-0.05, 0) is 62.0 Å². The Hall–Kier alpha value is -1.61. The van der Waals surface area contributed by atoms with Crippen molar-refractivity contribution in [2.45, 2.75) is 70.7 Å². The number of hydrogen-bond acceptors (Lipinski definition) is 3. The largest absolute Gasteiger partial charge is 0.456 e. The molecule has 3 aliphatic rings. The molecule has 3 nitrogen and oxygen atoms in total. The Bertz CT molecular complexity index is 724. The summed E-state index contributed by atoms with van der Waals surface area (Å²) >= 11 is 0. The van der Waals surface area contributed by atoms with E-state index < -0.39 is 0 Å². The standard InChI is InChI=1S/C24H32O3/c1-16(2)24-15-14-23(4,27-24)19-12-10-17(3)21(19)22(24)26-20(25)13-11-18-8-6-5-7-9-18/h5-9,11,13,16-17,19,21-22H,10,12,14-15H2,1-4H3/b13-11+/t17-,19-,21-,22+,23-,24-/m1/s1. The van der Waals surface area contributed by atoms with E-state index in [1.165, 1.54) is 12.8 Å². The van der Waals surface area contributed by atoms with Gasteiger partial charge in [-0.25, -0.2) is 4.79 Å². The monoisotopic (exact) mass is 368 g/mol. The van der Waals surface area contributed by atoms with Crippen LogP contribution in [0.5, 0.6) is 0 Å². The third kappa shape index (κ3) is 3.04. The lowest BCUT2D eigenvalue weighted by atomic mass is 9.69. The third-order valence-corrected chi connectivity index (χ3v) is 7.54. The highest BCUT2D eigenvalue weighted by atomic mass is 16.6. The molecule has 27 heavy (non-hydrogen) atoms. The van der Waals surface area contributed by atoms with Crippen molar-refractivity contribution < 1.29 is 14.3 Å². The predicted molar refractivity (Wildman–Crippen MR) is 107 cm³/mol. The van der Waals surface area contributed by atoms with Crippen molar-refractivity contribution in [3.63, 3.8) is 0 Å². The van der Waals surface area contributed by atoms with Crippen molar-refractivity contribution in [2.24, 2.45) is 23.7 Å². The first-order chi connectivity index (χ1) is 12.9. The molecule has 1 saturated carbocycles. The zero-order valence-corrected chi connectivity index (χ0v) is 17.0. The van der Waals surface area contributed by atoms with Crippen LogP contribution in [0.4, 0.5) is 0 Å². The molecule has 0 radical (unpaired) electrons. The Morgan fingerprint density at radius 1 is 1.22 bits per heavy atom. The van der Waals surface area contributed by atoms with E-state index in [0.717, 1.165) is 18.4 Å². The van der Waals surface area contributed by atoms with Gasteiger partial charge >= 0.3 is 5.97 Å². The van der Waals surface area contributed by atoms with Gasteiger partial charge in [0.25, 0.3) is 0 Å². The van der Waals surface area contributed by atoms with Crippen molar-refractivity contribution in [3.05, 3.63) is 42.0 Å². The van der Waals surface area contributed by atoms with Crippen LogP contribution >= 0.6 is 0 Å². The molecular formula is C24H32O3. The second-order valence-corrected chi connectivity index (χ2v) is 9.36. The molecule has 1 aromatic carbocycles. The summed E-state index contributed by atoms with van der Waals surface area (Å²) in [6, 6.07) is 9.89. The minimum Gasteiger partial charge on any atom is -0.456 e. The molecule has 2 heterocycles. The molecule has 2 saturated heterocycles. The van der Waals surface area contributed by atoms with Crippen molar-refractivity contribution in [1.29, 1.82) is 0 Å². The van der Waals surface area contributed by atoms with E-state index in [2.05, 4.69) is 27.7 Å². The summed E-state index contributed by atoms with van der Waals surface area (Å²) in [5, 5.41) is 0. The smallest absolute Gasteiger partial charge is 0.331 e. The van der Waals surface area contributed by atoms with Crippen molar-refractivity contribution in [1.82, 2.24) is 0 Å². The summed E-state index contributed by atoms with van der Waals surface area (Å²) < 4.78 is 13.0. The molecule has 0 spiro atoms. The van der Waals surface area contributed by atoms with Gasteiger partial charge in [-0.15, -0.1) is 0 Å². The number of carbonyl (C=O) groups is 1. The summed E-state index contributed by atoms with van der Waals surface area (Å²) in [4.78, 5) is 12.7. The van der Waals surface area contributed by atoms with Crippen LogP contribution in [0.3, 0.4) is 0 Å². The fourth-order valence-electron chi connectivity index (χ4n) is 6.02. The lowest BCUT2D eigenvalue weighted by Crippen LogP contribution is -2.61. The SMILES string of the molecule is CC(C)[C@@]12CC[C@@](C)(O1)[C@@H]1CC[C@@H](C)[C@H]1[C@@H]2OC(=O)/C=C/c1ccccc1. The van der Waals surface area contributed by atoms with Gasteiger partial charge in [-0.2, -0.15) is 0 Å². The minimum absolute atomic E-state index is 0.0531. The lowest BCUT2D eigenvalue weighted by Gasteiger charge is -2.53. The Balaban J connectivity index is 1.60. The van der Waals surface area contributed by atoms with Gasteiger partial charge < -0.3 is 9.47 Å². The predicted octanol–water partition coefficient (Wildman–Crippen LogP) is 5.25. The number of esters is 1. The van der Waals surface area contributed by atoms with E-state index >= 15 is 0 Å². The van der Waals surface area contributed by atoms with Crippen molar-refractivity contribution >= 4 is 12.0 Å². The zero-order valence-electron chi connectivity index (χ0n) is 17.0. The van der Waals surface area contributed by atoms with Crippen molar-refractivity contribution in [2.75, 3.05) is 0 Å². The maximum Gasteiger partial charge on any atom is 0.331 e. The molecule has 1 aromatic rings. The maximum absolute atomic E-state index is 12.7. The number of ether oxygens (including phenoxy) is 2. The van der Waals surface area contributed by atoms with Crippen LogP contribution in [0.2, 0.25) is 0 Å². The summed E-state index contributed by atoms with van der Waals surface area (Å²) in [5.74, 6) is 1.55. The van der Waals surface area contributed by atoms with Gasteiger partial charge in [0.2, 0.25) is 0 Å². The van der Waals surface area contributed by atoms with E-state index in [0.29, 0.717) is 23.7 Å². The van der Waals surface area contributed by atoms with Crippen molar-refractivity contribution in [3.8, 4) is 0 Å². The molecule has 146 valence electrons. The number of rotatable bonds is 4. The highest BCUT2D eigenvalue weighted by Crippen LogP contribution is 2.62. The van der Waals surface area contributed by atoms with Crippen LogP contribution in [0.25, 0.3) is 6.08 Å². The Morgan fingerprint density at radius 2 is 1.96 bits per heavy atom. The molecular weight excluding hydrogens is 336 g/mol. The van der Waals surface area contributed by atoms with Crippen LogP contribution in [-0.4, -0.2) is 23.3 Å². The molecule has 4 rings (SSSR count). The van der Waals surface area contributed by atoms with E-state index in [1.54, 1.807) is 6.08 Å². The fraction of sp³-hybridized carbons (Fsp3) is 0.625. The first-order valence-electron chi connectivity index (χ1n) is 10.5. The van der Waals surface area contributed by atoms with Crippen LogP contribution in [0.1, 0.15) is 58.9 Å². The van der Waals surface area contributed by atoms with Crippen LogP contribution in [0, 0.1) is 23.7 Å². The topological polar surface area (TPSA) is 35.5 Å². The highest BCUT2D eigenvalue weighted by Gasteiger charge is 2.67. The van der Waals surface area contributed by atoms with Gasteiger partial charge in [-0.1, -0.05) is 51.1 Å². The quantitative estimate of drug-likeness (QED) is 0.538. The van der Waals surface area contributed by atoms with E-state index in [9.17, 15) is 4.79 Å². The molecule has 6 atom stereocenters. The second-order valence-electron chi connectivity index (χ2n) is 9.36. The molecule has 0 unspecified atom stereocenters. The minimum atomic E-state index is -0.342. The normalized spacial score (nSPS) is 40.5. The van der Waals surface area contributed by atoms with E-state index in [4.69, 9.17) is 9.47 Å². The molecule has 2 bridgehead atoms. The molecule has 3 heteroatoms. The second kappa shape index (κ2) is 6.77. The van der Waals surface area contributed by atoms with Crippen LogP contribution in [0.15, 0.2) is 36.4 Å². The number of fused-ring (bicyclic) bond motifs is 4. The third-order valence-electron chi connectivity index (χ3n) is 7.54. The van der Waals surface area contributed by atoms with Crippen LogP contribution < -0.4 is 0 Å².